The van der Waals surface area contributed by atoms with Gasteiger partial charge >= 0.3 is 0 Å². The minimum atomic E-state index is 0.0437. The Balaban J connectivity index is 3.92. The van der Waals surface area contributed by atoms with E-state index >= 15 is 0 Å². The van der Waals surface area contributed by atoms with Crippen molar-refractivity contribution >= 4 is 5.91 Å². The highest BCUT2D eigenvalue weighted by molar-refractivity contribution is 5.78. The van der Waals surface area contributed by atoms with Gasteiger partial charge in [-0.3, -0.25) is 9.69 Å². The first-order valence-corrected chi connectivity index (χ1v) is 5.59. The maximum absolute atomic E-state index is 11.6. The zero-order valence-electron chi connectivity index (χ0n) is 10.8. The second-order valence-electron chi connectivity index (χ2n) is 3.98. The summed E-state index contributed by atoms with van der Waals surface area (Å²) in [6.07, 6.45) is 0. The van der Waals surface area contributed by atoms with Crippen LogP contribution in [0, 0.1) is 0 Å². The lowest BCUT2D eigenvalue weighted by Crippen LogP contribution is -2.42. The predicted molar refractivity (Wildman–Crippen MR) is 63.5 cm³/mol. The van der Waals surface area contributed by atoms with E-state index in [1.54, 1.807) is 14.2 Å². The first-order chi connectivity index (χ1) is 7.60. The molecule has 0 spiro atoms. The van der Waals surface area contributed by atoms with Crippen LogP contribution in [0.3, 0.4) is 0 Å². The van der Waals surface area contributed by atoms with Crippen LogP contribution >= 0.6 is 0 Å². The van der Waals surface area contributed by atoms with Crippen LogP contribution in [0.2, 0.25) is 0 Å². The first kappa shape index (κ1) is 15.3. The highest BCUT2D eigenvalue weighted by Crippen LogP contribution is 1.90. The van der Waals surface area contributed by atoms with Gasteiger partial charge in [0.1, 0.15) is 0 Å². The average molecular weight is 232 g/mol. The molecule has 0 bridgehead atoms. The number of amides is 1. The highest BCUT2D eigenvalue weighted by Gasteiger charge is 2.10. The first-order valence-electron chi connectivity index (χ1n) is 5.59. The van der Waals surface area contributed by atoms with E-state index in [0.717, 1.165) is 13.1 Å². The molecule has 0 radical (unpaired) electrons. The minimum absolute atomic E-state index is 0.0437. The Kier molecular flexibility index (Phi) is 9.18. The molecule has 0 aromatic rings. The standard InChI is InChI=1S/C11H24N2O3/c1-10(2)12-11(14)9-13(5-7-15-3)6-8-16-4/h10H,5-9H2,1-4H3,(H,12,14). The average Bonchev–Trinajstić information content (AvgIpc) is 2.20. The molecule has 0 aliphatic rings. The van der Waals surface area contributed by atoms with Crippen LogP contribution in [0.1, 0.15) is 13.8 Å². The smallest absolute Gasteiger partial charge is 0.234 e. The van der Waals surface area contributed by atoms with Crippen LogP contribution in [0.25, 0.3) is 0 Å². The summed E-state index contributed by atoms with van der Waals surface area (Å²) in [5, 5.41) is 2.86. The van der Waals surface area contributed by atoms with Gasteiger partial charge in [0.15, 0.2) is 0 Å². The van der Waals surface area contributed by atoms with E-state index in [1.807, 2.05) is 18.7 Å². The van der Waals surface area contributed by atoms with Gasteiger partial charge in [0.05, 0.1) is 19.8 Å². The van der Waals surface area contributed by atoms with Crippen molar-refractivity contribution in [3.63, 3.8) is 0 Å². The normalized spacial score (nSPS) is 11.1. The summed E-state index contributed by atoms with van der Waals surface area (Å²) in [6.45, 7) is 7.03. The van der Waals surface area contributed by atoms with E-state index in [9.17, 15) is 4.79 Å². The van der Waals surface area contributed by atoms with Crippen molar-refractivity contribution in [3.05, 3.63) is 0 Å². The third-order valence-electron chi connectivity index (χ3n) is 2.04. The van der Waals surface area contributed by atoms with Crippen molar-refractivity contribution in [1.82, 2.24) is 10.2 Å². The Hall–Kier alpha value is -0.650. The van der Waals surface area contributed by atoms with Crippen LogP contribution in [-0.2, 0) is 14.3 Å². The number of ether oxygens (including phenoxy) is 2. The molecular weight excluding hydrogens is 208 g/mol. The second kappa shape index (κ2) is 9.57. The predicted octanol–water partition coefficient (Wildman–Crippen LogP) is 0.106. The van der Waals surface area contributed by atoms with Crippen LogP contribution in [-0.4, -0.2) is 63.9 Å². The molecule has 1 amide bonds. The largest absolute Gasteiger partial charge is 0.383 e. The molecule has 0 unspecified atom stereocenters. The molecule has 1 N–H and O–H groups in total. The third-order valence-corrected chi connectivity index (χ3v) is 2.04. The van der Waals surface area contributed by atoms with Crippen molar-refractivity contribution in [1.29, 1.82) is 0 Å². The number of hydrogen-bond acceptors (Lipinski definition) is 4. The summed E-state index contributed by atoms with van der Waals surface area (Å²) in [5.74, 6) is 0.0437. The zero-order valence-corrected chi connectivity index (χ0v) is 10.8. The third kappa shape index (κ3) is 8.64. The zero-order chi connectivity index (χ0) is 12.4. The van der Waals surface area contributed by atoms with Crippen LogP contribution in [0.4, 0.5) is 0 Å². The van der Waals surface area contributed by atoms with Crippen LogP contribution < -0.4 is 5.32 Å². The monoisotopic (exact) mass is 232 g/mol. The lowest BCUT2D eigenvalue weighted by Gasteiger charge is -2.21. The maximum atomic E-state index is 11.6. The Morgan fingerprint density at radius 3 is 2.06 bits per heavy atom. The number of rotatable bonds is 9. The van der Waals surface area contributed by atoms with E-state index in [1.165, 1.54) is 0 Å². The molecule has 0 aliphatic heterocycles. The Morgan fingerprint density at radius 2 is 1.69 bits per heavy atom. The van der Waals surface area contributed by atoms with E-state index in [2.05, 4.69) is 5.32 Å². The van der Waals surface area contributed by atoms with Crippen molar-refractivity contribution in [2.75, 3.05) is 47.1 Å². The molecule has 0 aliphatic carbocycles. The molecule has 0 rings (SSSR count). The van der Waals surface area contributed by atoms with Gasteiger partial charge in [-0.2, -0.15) is 0 Å². The fraction of sp³-hybridized carbons (Fsp3) is 0.909. The fourth-order valence-corrected chi connectivity index (χ4v) is 1.28. The van der Waals surface area contributed by atoms with E-state index < -0.39 is 0 Å². The number of carbonyl (C=O) groups excluding carboxylic acids is 1. The molecule has 96 valence electrons. The highest BCUT2D eigenvalue weighted by atomic mass is 16.5. The molecule has 5 heteroatoms. The summed E-state index contributed by atoms with van der Waals surface area (Å²) in [7, 11) is 3.31. The molecule has 0 fully saturated rings. The van der Waals surface area contributed by atoms with Gasteiger partial charge in [0.25, 0.3) is 0 Å². The van der Waals surface area contributed by atoms with Gasteiger partial charge in [0, 0.05) is 33.4 Å². The maximum Gasteiger partial charge on any atom is 0.234 e. The van der Waals surface area contributed by atoms with Crippen molar-refractivity contribution in [3.8, 4) is 0 Å². The van der Waals surface area contributed by atoms with Crippen molar-refractivity contribution < 1.29 is 14.3 Å². The van der Waals surface area contributed by atoms with Crippen LogP contribution in [0.15, 0.2) is 0 Å². The Labute approximate surface area is 98.1 Å². The van der Waals surface area contributed by atoms with Gasteiger partial charge in [0.2, 0.25) is 5.91 Å². The number of nitrogens with zero attached hydrogens (tertiary/aromatic N) is 1. The van der Waals surface area contributed by atoms with E-state index in [0.29, 0.717) is 19.8 Å². The molecule has 0 atom stereocenters. The lowest BCUT2D eigenvalue weighted by molar-refractivity contribution is -0.123. The molecule has 0 aromatic heterocycles. The Morgan fingerprint density at radius 1 is 1.19 bits per heavy atom. The molecule has 5 nitrogen and oxygen atoms in total. The van der Waals surface area contributed by atoms with Crippen molar-refractivity contribution in [2.45, 2.75) is 19.9 Å². The molecule has 16 heavy (non-hydrogen) atoms. The van der Waals surface area contributed by atoms with E-state index in [-0.39, 0.29) is 11.9 Å². The lowest BCUT2D eigenvalue weighted by atomic mass is 10.3. The second-order valence-corrected chi connectivity index (χ2v) is 3.98. The summed E-state index contributed by atoms with van der Waals surface area (Å²) in [6, 6.07) is 0.180. The topological polar surface area (TPSA) is 50.8 Å². The molecular formula is C11H24N2O3. The van der Waals surface area contributed by atoms with E-state index in [4.69, 9.17) is 9.47 Å². The van der Waals surface area contributed by atoms with Crippen LogP contribution in [0.5, 0.6) is 0 Å². The van der Waals surface area contributed by atoms with Crippen molar-refractivity contribution in [2.24, 2.45) is 0 Å². The molecule has 0 saturated heterocycles. The summed E-state index contributed by atoms with van der Waals surface area (Å²) >= 11 is 0. The molecule has 0 aromatic carbocycles. The summed E-state index contributed by atoms with van der Waals surface area (Å²) in [5.41, 5.74) is 0. The van der Waals surface area contributed by atoms with Gasteiger partial charge in [-0.15, -0.1) is 0 Å². The van der Waals surface area contributed by atoms with Gasteiger partial charge in [-0.05, 0) is 13.8 Å². The number of methoxy groups -OCH3 is 2. The fourth-order valence-electron chi connectivity index (χ4n) is 1.28. The SMILES string of the molecule is COCCN(CCOC)CC(=O)NC(C)C. The van der Waals surface area contributed by atoms with Gasteiger partial charge in [-0.25, -0.2) is 0 Å². The molecule has 0 heterocycles. The van der Waals surface area contributed by atoms with Gasteiger partial charge < -0.3 is 14.8 Å². The molecule has 0 saturated carbocycles. The quantitative estimate of drug-likeness (QED) is 0.613. The summed E-state index contributed by atoms with van der Waals surface area (Å²) in [4.78, 5) is 13.6. The Bertz CT molecular complexity index is 178. The number of carbonyl (C=O) groups is 1. The number of nitrogens with one attached hydrogen (secondary N) is 1. The summed E-state index contributed by atoms with van der Waals surface area (Å²) < 4.78 is 10.0. The number of hydrogen-bond donors (Lipinski definition) is 1. The minimum Gasteiger partial charge on any atom is -0.383 e. The van der Waals surface area contributed by atoms with Gasteiger partial charge in [-0.1, -0.05) is 0 Å².